The maximum absolute atomic E-state index is 12.1. The van der Waals surface area contributed by atoms with Gasteiger partial charge in [0.1, 0.15) is 11.1 Å². The average Bonchev–Trinajstić information content (AvgIpc) is 3.18. The summed E-state index contributed by atoms with van der Waals surface area (Å²) in [6.07, 6.45) is 5.83. The van der Waals surface area contributed by atoms with Crippen molar-refractivity contribution in [2.45, 2.75) is 12.5 Å². The molecule has 3 aromatic rings. The van der Waals surface area contributed by atoms with E-state index in [0.717, 1.165) is 29.8 Å². The van der Waals surface area contributed by atoms with E-state index in [1.807, 2.05) is 30.3 Å². The highest BCUT2D eigenvalue weighted by Crippen LogP contribution is 2.31. The van der Waals surface area contributed by atoms with Gasteiger partial charge in [-0.3, -0.25) is 9.78 Å². The van der Waals surface area contributed by atoms with Crippen molar-refractivity contribution < 1.29 is 9.53 Å². The Morgan fingerprint density at radius 1 is 1.14 bits per heavy atom. The molecule has 150 valence electrons. The topological polar surface area (TPSA) is 81.3 Å². The van der Waals surface area contributed by atoms with Crippen LogP contribution in [-0.2, 0) is 0 Å². The Morgan fingerprint density at radius 2 is 1.93 bits per heavy atom. The molecule has 29 heavy (non-hydrogen) atoms. The highest BCUT2D eigenvalue weighted by Gasteiger charge is 2.27. The van der Waals surface area contributed by atoms with E-state index in [2.05, 4.69) is 14.9 Å². The van der Waals surface area contributed by atoms with Gasteiger partial charge in [0.15, 0.2) is 0 Å². The molecule has 1 saturated heterocycles. The molecule has 1 aromatic carbocycles. The zero-order valence-electron chi connectivity index (χ0n) is 15.5. The maximum Gasteiger partial charge on any atom is 0.250 e. The van der Waals surface area contributed by atoms with Crippen LogP contribution in [0.1, 0.15) is 16.8 Å². The van der Waals surface area contributed by atoms with Crippen molar-refractivity contribution in [1.82, 2.24) is 9.97 Å². The van der Waals surface area contributed by atoms with Gasteiger partial charge in [-0.15, -0.1) is 12.4 Å². The molecule has 1 aliphatic rings. The third-order valence-corrected chi connectivity index (χ3v) is 5.05. The molecule has 1 atom stereocenters. The Kier molecular flexibility index (Phi) is 6.56. The SMILES string of the molecule is Cl.NC(=O)c1cc(-c2ccncc2)ccc1N1CC[C@@H](Oc2ncccc2Cl)C1. The van der Waals surface area contributed by atoms with Gasteiger partial charge in [-0.2, -0.15) is 0 Å². The molecular weight excluding hydrogens is 411 g/mol. The van der Waals surface area contributed by atoms with Gasteiger partial charge in [0, 0.05) is 37.2 Å². The smallest absolute Gasteiger partial charge is 0.250 e. The molecule has 1 fully saturated rings. The molecule has 2 aromatic heterocycles. The molecule has 1 amide bonds. The lowest BCUT2D eigenvalue weighted by Gasteiger charge is -2.22. The number of carbonyl (C=O) groups is 1. The Hall–Kier alpha value is -2.83. The molecular formula is C21H20Cl2N4O2. The maximum atomic E-state index is 12.1. The number of halogens is 2. The predicted octanol–water partition coefficient (Wildman–Crippen LogP) is 3.98. The second-order valence-electron chi connectivity index (χ2n) is 6.60. The second-order valence-corrected chi connectivity index (χ2v) is 7.00. The summed E-state index contributed by atoms with van der Waals surface area (Å²) < 4.78 is 5.94. The molecule has 1 aliphatic heterocycles. The molecule has 0 unspecified atom stereocenters. The third kappa shape index (κ3) is 4.60. The lowest BCUT2D eigenvalue weighted by molar-refractivity contribution is 0.100. The number of nitrogens with zero attached hydrogens (tertiary/aromatic N) is 3. The summed E-state index contributed by atoms with van der Waals surface area (Å²) in [6, 6.07) is 13.1. The van der Waals surface area contributed by atoms with E-state index < -0.39 is 5.91 Å². The highest BCUT2D eigenvalue weighted by atomic mass is 35.5. The van der Waals surface area contributed by atoms with Crippen molar-refractivity contribution in [3.63, 3.8) is 0 Å². The van der Waals surface area contributed by atoms with Crippen LogP contribution in [0.4, 0.5) is 5.69 Å². The number of carbonyl (C=O) groups excluding carboxylic acids is 1. The van der Waals surface area contributed by atoms with Gasteiger partial charge in [0.05, 0.1) is 12.1 Å². The van der Waals surface area contributed by atoms with Crippen LogP contribution in [0.5, 0.6) is 5.88 Å². The van der Waals surface area contributed by atoms with Crippen molar-refractivity contribution in [3.05, 3.63) is 71.6 Å². The first kappa shape index (κ1) is 20.9. The standard InChI is InChI=1S/C21H19ClN4O2.ClH/c22-18-2-1-8-25-21(18)28-16-7-11-26(13-16)19-4-3-15(12-17(19)20(23)27)14-5-9-24-10-6-14;/h1-6,8-10,12,16H,7,11,13H2,(H2,23,27);1H/t16-;/m1./s1. The van der Waals surface area contributed by atoms with Gasteiger partial charge in [-0.1, -0.05) is 17.7 Å². The number of aromatic nitrogens is 2. The largest absolute Gasteiger partial charge is 0.471 e. The summed E-state index contributed by atoms with van der Waals surface area (Å²) in [5.74, 6) is -0.0257. The van der Waals surface area contributed by atoms with Crippen molar-refractivity contribution in [3.8, 4) is 17.0 Å². The zero-order valence-corrected chi connectivity index (χ0v) is 17.1. The fourth-order valence-corrected chi connectivity index (χ4v) is 3.56. The summed E-state index contributed by atoms with van der Waals surface area (Å²) in [7, 11) is 0. The normalized spacial score (nSPS) is 15.6. The molecule has 0 aliphatic carbocycles. The molecule has 0 radical (unpaired) electrons. The third-order valence-electron chi connectivity index (χ3n) is 4.76. The van der Waals surface area contributed by atoms with Crippen molar-refractivity contribution in [2.24, 2.45) is 5.73 Å². The minimum absolute atomic E-state index is 0. The number of benzene rings is 1. The summed E-state index contributed by atoms with van der Waals surface area (Å²) in [4.78, 5) is 22.4. The number of ether oxygens (including phenoxy) is 1. The molecule has 8 heteroatoms. The van der Waals surface area contributed by atoms with Crippen LogP contribution in [0.2, 0.25) is 5.02 Å². The van der Waals surface area contributed by atoms with E-state index in [0.29, 0.717) is 23.0 Å². The first-order valence-electron chi connectivity index (χ1n) is 8.98. The van der Waals surface area contributed by atoms with Gasteiger partial charge in [0.2, 0.25) is 5.88 Å². The van der Waals surface area contributed by atoms with Gasteiger partial charge in [0.25, 0.3) is 5.91 Å². The minimum atomic E-state index is -0.456. The molecule has 0 bridgehead atoms. The molecule has 2 N–H and O–H groups in total. The molecule has 0 saturated carbocycles. The van der Waals surface area contributed by atoms with Gasteiger partial charge < -0.3 is 15.4 Å². The highest BCUT2D eigenvalue weighted by molar-refractivity contribution is 6.31. The van der Waals surface area contributed by atoms with E-state index in [4.69, 9.17) is 22.1 Å². The van der Waals surface area contributed by atoms with Gasteiger partial charge in [-0.25, -0.2) is 4.98 Å². The van der Waals surface area contributed by atoms with Crippen molar-refractivity contribution >= 4 is 35.6 Å². The van der Waals surface area contributed by atoms with Crippen LogP contribution in [0, 0.1) is 0 Å². The number of nitrogens with two attached hydrogens (primary N) is 1. The van der Waals surface area contributed by atoms with Crippen LogP contribution < -0.4 is 15.4 Å². The fraction of sp³-hybridized carbons (Fsp3) is 0.190. The minimum Gasteiger partial charge on any atom is -0.471 e. The lowest BCUT2D eigenvalue weighted by Crippen LogP contribution is -2.27. The number of pyridine rings is 2. The van der Waals surface area contributed by atoms with E-state index in [1.165, 1.54) is 0 Å². The van der Waals surface area contributed by atoms with Crippen LogP contribution >= 0.6 is 24.0 Å². The van der Waals surface area contributed by atoms with Gasteiger partial charge >= 0.3 is 0 Å². The number of anilines is 1. The van der Waals surface area contributed by atoms with Crippen LogP contribution in [0.25, 0.3) is 11.1 Å². The Bertz CT molecular complexity index is 1000. The fourth-order valence-electron chi connectivity index (χ4n) is 3.39. The first-order valence-corrected chi connectivity index (χ1v) is 9.36. The Morgan fingerprint density at radius 3 is 2.66 bits per heavy atom. The quantitative estimate of drug-likeness (QED) is 0.661. The number of primary amides is 1. The zero-order chi connectivity index (χ0) is 19.5. The number of rotatable bonds is 5. The first-order chi connectivity index (χ1) is 13.6. The Balaban J connectivity index is 0.00000240. The van der Waals surface area contributed by atoms with Crippen molar-refractivity contribution in [2.75, 3.05) is 18.0 Å². The van der Waals surface area contributed by atoms with E-state index in [9.17, 15) is 4.79 Å². The van der Waals surface area contributed by atoms with Crippen LogP contribution in [-0.4, -0.2) is 35.1 Å². The molecule has 6 nitrogen and oxygen atoms in total. The summed E-state index contributed by atoms with van der Waals surface area (Å²) in [6.45, 7) is 1.38. The average molecular weight is 431 g/mol. The number of hydrogen-bond acceptors (Lipinski definition) is 5. The van der Waals surface area contributed by atoms with E-state index in [1.54, 1.807) is 30.7 Å². The number of hydrogen-bond donors (Lipinski definition) is 1. The van der Waals surface area contributed by atoms with Crippen LogP contribution in [0.3, 0.4) is 0 Å². The number of amides is 1. The molecule has 3 heterocycles. The molecule has 4 rings (SSSR count). The summed E-state index contributed by atoms with van der Waals surface area (Å²) >= 11 is 6.13. The van der Waals surface area contributed by atoms with E-state index in [-0.39, 0.29) is 18.5 Å². The van der Waals surface area contributed by atoms with Crippen LogP contribution in [0.15, 0.2) is 61.1 Å². The van der Waals surface area contributed by atoms with Gasteiger partial charge in [-0.05, 0) is 47.5 Å². The lowest BCUT2D eigenvalue weighted by atomic mass is 10.0. The van der Waals surface area contributed by atoms with Crippen molar-refractivity contribution in [1.29, 1.82) is 0 Å². The second kappa shape index (κ2) is 9.11. The predicted molar refractivity (Wildman–Crippen MR) is 116 cm³/mol. The monoisotopic (exact) mass is 430 g/mol. The summed E-state index contributed by atoms with van der Waals surface area (Å²) in [5, 5.41) is 0.487. The molecule has 0 spiro atoms. The summed E-state index contributed by atoms with van der Waals surface area (Å²) in [5.41, 5.74) is 8.88. The van der Waals surface area contributed by atoms with E-state index >= 15 is 0 Å². The Labute approximate surface area is 180 Å².